The first kappa shape index (κ1) is 24.3. The molecule has 4 heteroatoms. The van der Waals surface area contributed by atoms with Gasteiger partial charge in [0, 0.05) is 25.6 Å². The fraction of sp³-hybridized carbons (Fsp3) is 0.500. The van der Waals surface area contributed by atoms with Crippen molar-refractivity contribution in [2.45, 2.75) is 63.7 Å². The molecule has 164 valence electrons. The van der Waals surface area contributed by atoms with Gasteiger partial charge in [0.05, 0.1) is 0 Å². The average Bonchev–Trinajstić information content (AvgIpc) is 2.80. The Labute approximate surface area is 189 Å². The van der Waals surface area contributed by atoms with E-state index in [0.717, 1.165) is 32.0 Å². The Bertz CT molecular complexity index is 663. The van der Waals surface area contributed by atoms with Crippen LogP contribution in [0.15, 0.2) is 65.7 Å². The first-order valence-electron chi connectivity index (χ1n) is 11.6. The Balaban J connectivity index is 0.00000320. The minimum atomic E-state index is 0. The van der Waals surface area contributed by atoms with Gasteiger partial charge < -0.3 is 10.6 Å². The maximum absolute atomic E-state index is 4.82. The summed E-state index contributed by atoms with van der Waals surface area (Å²) in [4.78, 5) is 4.82. The number of hydrogen-bond donors (Lipinski definition) is 2. The van der Waals surface area contributed by atoms with Crippen molar-refractivity contribution in [3.05, 3.63) is 71.8 Å². The molecular formula is C26H38ClN3. The molecule has 0 radical (unpaired) electrons. The topological polar surface area (TPSA) is 36.4 Å². The molecule has 1 aliphatic rings. The van der Waals surface area contributed by atoms with Crippen molar-refractivity contribution in [2.24, 2.45) is 4.99 Å². The van der Waals surface area contributed by atoms with Gasteiger partial charge in [0.25, 0.3) is 0 Å². The van der Waals surface area contributed by atoms with Crippen LogP contribution in [0, 0.1) is 0 Å². The van der Waals surface area contributed by atoms with Crippen molar-refractivity contribution in [1.29, 1.82) is 0 Å². The largest absolute Gasteiger partial charge is 0.356 e. The van der Waals surface area contributed by atoms with Gasteiger partial charge in [0.2, 0.25) is 0 Å². The van der Waals surface area contributed by atoms with Gasteiger partial charge in [0.1, 0.15) is 0 Å². The summed E-state index contributed by atoms with van der Waals surface area (Å²) in [6.07, 6.45) is 11.6. The van der Waals surface area contributed by atoms with Crippen LogP contribution in [0.1, 0.15) is 74.8 Å². The van der Waals surface area contributed by atoms with Gasteiger partial charge in [-0.15, -0.1) is 12.4 Å². The summed E-state index contributed by atoms with van der Waals surface area (Å²) < 4.78 is 0. The van der Waals surface area contributed by atoms with Gasteiger partial charge in [-0.3, -0.25) is 4.99 Å². The number of hydrogen-bond acceptors (Lipinski definition) is 3. The second kappa shape index (κ2) is 14.9. The van der Waals surface area contributed by atoms with Crippen LogP contribution in [-0.4, -0.2) is 25.6 Å². The van der Waals surface area contributed by atoms with Crippen molar-refractivity contribution in [2.75, 3.05) is 19.6 Å². The molecule has 0 aliphatic carbocycles. The van der Waals surface area contributed by atoms with Crippen molar-refractivity contribution in [3.63, 3.8) is 0 Å². The molecule has 0 bridgehead atoms. The van der Waals surface area contributed by atoms with Gasteiger partial charge in [-0.05, 0) is 30.4 Å². The molecule has 0 atom stereocenters. The molecular weight excluding hydrogens is 390 g/mol. The van der Waals surface area contributed by atoms with E-state index in [9.17, 15) is 0 Å². The summed E-state index contributed by atoms with van der Waals surface area (Å²) >= 11 is 0. The molecule has 0 spiro atoms. The number of rotatable bonds is 5. The molecule has 1 aliphatic heterocycles. The molecule has 3 nitrogen and oxygen atoms in total. The van der Waals surface area contributed by atoms with Crippen LogP contribution in [0.4, 0.5) is 0 Å². The molecule has 0 saturated heterocycles. The van der Waals surface area contributed by atoms with E-state index in [1.165, 1.54) is 62.5 Å². The summed E-state index contributed by atoms with van der Waals surface area (Å²) in [5, 5.41) is 7.15. The lowest BCUT2D eigenvalue weighted by atomic mass is 9.88. The Morgan fingerprint density at radius 1 is 0.733 bits per heavy atom. The molecule has 0 unspecified atom stereocenters. The smallest absolute Gasteiger partial charge is 0.191 e. The monoisotopic (exact) mass is 427 g/mol. The molecule has 0 aromatic heterocycles. The van der Waals surface area contributed by atoms with E-state index in [1.54, 1.807) is 0 Å². The second-order valence-electron chi connectivity index (χ2n) is 8.07. The number of nitrogens with zero attached hydrogens (tertiary/aromatic N) is 1. The first-order chi connectivity index (χ1) is 14.4. The van der Waals surface area contributed by atoms with E-state index in [-0.39, 0.29) is 12.4 Å². The van der Waals surface area contributed by atoms with Crippen LogP contribution >= 0.6 is 12.4 Å². The Hall–Kier alpha value is -2.00. The van der Waals surface area contributed by atoms with E-state index in [4.69, 9.17) is 4.99 Å². The average molecular weight is 428 g/mol. The second-order valence-corrected chi connectivity index (χ2v) is 8.07. The van der Waals surface area contributed by atoms with Crippen LogP contribution in [-0.2, 0) is 0 Å². The minimum Gasteiger partial charge on any atom is -0.356 e. The van der Waals surface area contributed by atoms with Crippen LogP contribution in [0.3, 0.4) is 0 Å². The van der Waals surface area contributed by atoms with E-state index in [2.05, 4.69) is 71.3 Å². The van der Waals surface area contributed by atoms with Crippen LogP contribution in [0.2, 0.25) is 0 Å². The molecule has 3 rings (SSSR count). The third-order valence-corrected chi connectivity index (χ3v) is 5.78. The molecule has 30 heavy (non-hydrogen) atoms. The summed E-state index contributed by atoms with van der Waals surface area (Å²) in [6.45, 7) is 2.86. The first-order valence-corrected chi connectivity index (χ1v) is 11.6. The van der Waals surface area contributed by atoms with Crippen LogP contribution in [0.25, 0.3) is 0 Å². The molecule has 2 N–H and O–H groups in total. The number of benzene rings is 2. The molecule has 2 aromatic rings. The summed E-state index contributed by atoms with van der Waals surface area (Å²) in [7, 11) is 0. The quantitative estimate of drug-likeness (QED) is 0.587. The van der Waals surface area contributed by atoms with Gasteiger partial charge in [-0.25, -0.2) is 0 Å². The molecule has 0 amide bonds. The third-order valence-electron chi connectivity index (χ3n) is 5.78. The number of aliphatic imine (C=N–C) groups is 1. The maximum Gasteiger partial charge on any atom is 0.191 e. The molecule has 2 aromatic carbocycles. The Morgan fingerprint density at radius 2 is 1.27 bits per heavy atom. The highest BCUT2D eigenvalue weighted by molar-refractivity contribution is 5.85. The lowest BCUT2D eigenvalue weighted by Crippen LogP contribution is -2.39. The maximum atomic E-state index is 4.82. The van der Waals surface area contributed by atoms with E-state index < -0.39 is 0 Å². The van der Waals surface area contributed by atoms with Gasteiger partial charge >= 0.3 is 0 Å². The van der Waals surface area contributed by atoms with Crippen molar-refractivity contribution in [3.8, 4) is 0 Å². The minimum absolute atomic E-state index is 0. The normalized spacial score (nSPS) is 17.8. The number of guanidine groups is 1. The van der Waals surface area contributed by atoms with E-state index >= 15 is 0 Å². The van der Waals surface area contributed by atoms with Crippen molar-refractivity contribution >= 4 is 18.4 Å². The van der Waals surface area contributed by atoms with Crippen LogP contribution < -0.4 is 10.6 Å². The van der Waals surface area contributed by atoms with E-state index in [1.807, 2.05) is 0 Å². The Kier molecular flexibility index (Phi) is 12.1. The fourth-order valence-corrected chi connectivity index (χ4v) is 4.10. The highest BCUT2D eigenvalue weighted by Crippen LogP contribution is 2.27. The van der Waals surface area contributed by atoms with Gasteiger partial charge in [-0.2, -0.15) is 0 Å². The predicted octanol–water partition coefficient (Wildman–Crippen LogP) is 6.30. The highest BCUT2D eigenvalue weighted by atomic mass is 35.5. The van der Waals surface area contributed by atoms with Crippen molar-refractivity contribution in [1.82, 2.24) is 10.6 Å². The number of nitrogens with one attached hydrogen (secondary N) is 2. The highest BCUT2D eigenvalue weighted by Gasteiger charge is 2.13. The summed E-state index contributed by atoms with van der Waals surface area (Å²) in [6, 6.07) is 21.7. The zero-order valence-corrected chi connectivity index (χ0v) is 19.0. The lowest BCUT2D eigenvalue weighted by Gasteiger charge is -2.20. The van der Waals surface area contributed by atoms with Gasteiger partial charge in [-0.1, -0.05) is 99.2 Å². The standard InChI is InChI=1S/C26H37N3.ClH/c1-2-4-6-14-21-28-26(27-20-13-5-3-1)29-22-19-25(23-15-9-7-10-16-23)24-17-11-8-12-18-24;/h7-12,15-18,25H,1-6,13-14,19-22H2,(H2,27,28,29);1H. The van der Waals surface area contributed by atoms with E-state index in [0.29, 0.717) is 5.92 Å². The zero-order valence-electron chi connectivity index (χ0n) is 18.2. The summed E-state index contributed by atoms with van der Waals surface area (Å²) in [5.41, 5.74) is 2.76. The Morgan fingerprint density at radius 3 is 1.87 bits per heavy atom. The number of halogens is 1. The zero-order chi connectivity index (χ0) is 20.0. The third kappa shape index (κ3) is 8.79. The molecule has 0 saturated carbocycles. The van der Waals surface area contributed by atoms with Gasteiger partial charge in [0.15, 0.2) is 5.96 Å². The molecule has 0 fully saturated rings. The van der Waals surface area contributed by atoms with Crippen LogP contribution in [0.5, 0.6) is 0 Å². The predicted molar refractivity (Wildman–Crippen MR) is 132 cm³/mol. The fourth-order valence-electron chi connectivity index (χ4n) is 4.10. The molecule has 1 heterocycles. The van der Waals surface area contributed by atoms with Crippen molar-refractivity contribution < 1.29 is 0 Å². The summed E-state index contributed by atoms with van der Waals surface area (Å²) in [5.74, 6) is 1.39. The SMILES string of the molecule is Cl.c1ccc(C(CCN/C2=N\CCCCCCCCCCN2)c2ccccc2)cc1. The lowest BCUT2D eigenvalue weighted by molar-refractivity contribution is 0.571.